The molecule has 0 radical (unpaired) electrons. The first-order valence-electron chi connectivity index (χ1n) is 7.36. The van der Waals surface area contributed by atoms with Gasteiger partial charge in [-0.2, -0.15) is 0 Å². The number of aromatic nitrogens is 2. The lowest BCUT2D eigenvalue weighted by Crippen LogP contribution is -2.42. The molecule has 1 fully saturated rings. The number of halogens is 1. The average molecular weight is 378 g/mol. The molecule has 1 aromatic heterocycles. The Bertz CT molecular complexity index is 726. The third-order valence-electron chi connectivity index (χ3n) is 3.98. The van der Waals surface area contributed by atoms with Crippen molar-refractivity contribution in [2.24, 2.45) is 5.92 Å². The van der Waals surface area contributed by atoms with Crippen LogP contribution in [0, 0.1) is 5.92 Å². The average Bonchev–Trinajstić information content (AvgIpc) is 3.05. The molecule has 0 bridgehead atoms. The molecule has 2 aromatic rings. The van der Waals surface area contributed by atoms with Crippen LogP contribution in [0.15, 0.2) is 41.3 Å². The molecule has 1 aliphatic rings. The fourth-order valence-corrected chi connectivity index (χ4v) is 2.98. The van der Waals surface area contributed by atoms with E-state index < -0.39 is 11.9 Å². The molecule has 3 rings (SSSR count). The highest BCUT2D eigenvalue weighted by atomic mass is 79.9. The highest BCUT2D eigenvalue weighted by Gasteiger charge is 2.29. The zero-order valence-electron chi connectivity index (χ0n) is 12.4. The maximum atomic E-state index is 12.5. The summed E-state index contributed by atoms with van der Waals surface area (Å²) >= 11 is 3.38. The number of nitrogens with zero attached hydrogens (tertiary/aromatic N) is 3. The highest BCUT2D eigenvalue weighted by Crippen LogP contribution is 2.19. The van der Waals surface area contributed by atoms with Crippen LogP contribution in [0.2, 0.25) is 0 Å². The molecule has 2 heterocycles. The van der Waals surface area contributed by atoms with Gasteiger partial charge in [-0.15, -0.1) is 0 Å². The zero-order chi connectivity index (χ0) is 16.4. The molecule has 7 heteroatoms. The topological polar surface area (TPSA) is 75.4 Å². The predicted octanol–water partition coefficient (Wildman–Crippen LogP) is 2.57. The predicted molar refractivity (Wildman–Crippen MR) is 87.5 cm³/mol. The molecule has 120 valence electrons. The van der Waals surface area contributed by atoms with Gasteiger partial charge in [0.25, 0.3) is 5.91 Å². The van der Waals surface area contributed by atoms with Crippen molar-refractivity contribution in [2.75, 3.05) is 13.1 Å². The Kier molecular flexibility index (Phi) is 4.47. The molecule has 1 aliphatic heterocycles. The zero-order valence-corrected chi connectivity index (χ0v) is 13.9. The van der Waals surface area contributed by atoms with Crippen molar-refractivity contribution in [3.63, 3.8) is 0 Å². The van der Waals surface area contributed by atoms with Crippen molar-refractivity contribution in [3.05, 3.63) is 47.0 Å². The van der Waals surface area contributed by atoms with Gasteiger partial charge in [0.1, 0.15) is 12.0 Å². The number of carbonyl (C=O) groups excluding carboxylic acids is 1. The monoisotopic (exact) mass is 377 g/mol. The molecular formula is C16H16BrN3O3. The van der Waals surface area contributed by atoms with Crippen molar-refractivity contribution >= 4 is 27.8 Å². The van der Waals surface area contributed by atoms with Gasteiger partial charge in [-0.25, -0.2) is 4.98 Å². The molecule has 0 unspecified atom stereocenters. The van der Waals surface area contributed by atoms with Gasteiger partial charge in [-0.1, -0.05) is 15.9 Å². The lowest BCUT2D eigenvalue weighted by Gasteiger charge is -2.30. The second-order valence-corrected chi connectivity index (χ2v) is 6.49. The number of hydrogen-bond acceptors (Lipinski definition) is 3. The number of benzene rings is 1. The molecule has 1 N–H and O–H groups in total. The minimum atomic E-state index is -0.845. The highest BCUT2D eigenvalue weighted by molar-refractivity contribution is 9.10. The van der Waals surface area contributed by atoms with Crippen LogP contribution in [0.25, 0.3) is 5.69 Å². The minimum Gasteiger partial charge on any atom is -0.481 e. The summed E-state index contributed by atoms with van der Waals surface area (Å²) in [5, 5.41) is 9.12. The summed E-state index contributed by atoms with van der Waals surface area (Å²) in [6, 6.07) is 7.67. The Morgan fingerprint density at radius 2 is 2.00 bits per heavy atom. The number of aliphatic carboxylic acids is 1. The SMILES string of the molecule is O=C(O)[C@@H]1CCCN(C(=O)c2cn(-c3ccc(Br)cc3)cn2)C1. The Labute approximate surface area is 141 Å². The van der Waals surface area contributed by atoms with E-state index in [9.17, 15) is 9.59 Å². The fraction of sp³-hybridized carbons (Fsp3) is 0.312. The van der Waals surface area contributed by atoms with E-state index in [0.29, 0.717) is 25.1 Å². The van der Waals surface area contributed by atoms with Gasteiger partial charge in [0, 0.05) is 29.4 Å². The summed E-state index contributed by atoms with van der Waals surface area (Å²) in [4.78, 5) is 29.4. The molecule has 1 atom stereocenters. The van der Waals surface area contributed by atoms with Crippen LogP contribution in [0.3, 0.4) is 0 Å². The first-order chi connectivity index (χ1) is 11.0. The van der Waals surface area contributed by atoms with Crippen LogP contribution in [-0.4, -0.2) is 44.5 Å². The van der Waals surface area contributed by atoms with E-state index in [1.54, 1.807) is 22.0 Å². The molecule has 0 saturated carbocycles. The summed E-state index contributed by atoms with van der Waals surface area (Å²) in [5.74, 6) is -1.55. The number of carboxylic acids is 1. The van der Waals surface area contributed by atoms with Gasteiger partial charge in [0.05, 0.1) is 5.92 Å². The number of carboxylic acid groups (broad SMARTS) is 1. The van der Waals surface area contributed by atoms with Crippen molar-refractivity contribution in [1.29, 1.82) is 0 Å². The summed E-state index contributed by atoms with van der Waals surface area (Å²) < 4.78 is 2.75. The molecule has 0 spiro atoms. The van der Waals surface area contributed by atoms with Crippen LogP contribution in [0.1, 0.15) is 23.3 Å². The van der Waals surface area contributed by atoms with Crippen molar-refractivity contribution in [1.82, 2.24) is 14.5 Å². The van der Waals surface area contributed by atoms with Gasteiger partial charge in [-0.05, 0) is 37.1 Å². The Hall–Kier alpha value is -2.15. The standard InChI is InChI=1S/C16H16BrN3O3/c17-12-3-5-13(6-4-12)20-9-14(18-10-20)15(21)19-7-1-2-11(8-19)16(22)23/h3-6,9-11H,1-2,7-8H2,(H,22,23)/t11-/m1/s1. The van der Waals surface area contributed by atoms with Gasteiger partial charge in [0.15, 0.2) is 0 Å². The minimum absolute atomic E-state index is 0.216. The number of likely N-dealkylation sites (tertiary alicyclic amines) is 1. The number of rotatable bonds is 3. The number of amides is 1. The first kappa shape index (κ1) is 15.7. The maximum absolute atomic E-state index is 12.5. The van der Waals surface area contributed by atoms with E-state index in [0.717, 1.165) is 10.2 Å². The van der Waals surface area contributed by atoms with Crippen LogP contribution in [-0.2, 0) is 4.79 Å². The van der Waals surface area contributed by atoms with E-state index in [1.807, 2.05) is 24.3 Å². The maximum Gasteiger partial charge on any atom is 0.308 e. The van der Waals surface area contributed by atoms with Crippen LogP contribution < -0.4 is 0 Å². The van der Waals surface area contributed by atoms with E-state index in [4.69, 9.17) is 5.11 Å². The third kappa shape index (κ3) is 3.44. The van der Waals surface area contributed by atoms with Gasteiger partial charge < -0.3 is 14.6 Å². The normalized spacial score (nSPS) is 18.0. The summed E-state index contributed by atoms with van der Waals surface area (Å²) in [6.07, 6.45) is 4.59. The van der Waals surface area contributed by atoms with E-state index in [1.165, 1.54) is 0 Å². The molecule has 1 amide bonds. The quantitative estimate of drug-likeness (QED) is 0.891. The van der Waals surface area contributed by atoms with Crippen LogP contribution in [0.4, 0.5) is 0 Å². The molecule has 0 aliphatic carbocycles. The number of carbonyl (C=O) groups is 2. The molecule has 1 aromatic carbocycles. The van der Waals surface area contributed by atoms with Gasteiger partial charge in [0.2, 0.25) is 0 Å². The number of imidazole rings is 1. The number of hydrogen-bond donors (Lipinski definition) is 1. The van der Waals surface area contributed by atoms with E-state index >= 15 is 0 Å². The van der Waals surface area contributed by atoms with Crippen molar-refractivity contribution < 1.29 is 14.7 Å². The van der Waals surface area contributed by atoms with Crippen LogP contribution in [0.5, 0.6) is 0 Å². The first-order valence-corrected chi connectivity index (χ1v) is 8.16. The molecular weight excluding hydrogens is 362 g/mol. The fourth-order valence-electron chi connectivity index (χ4n) is 2.71. The van der Waals surface area contributed by atoms with Gasteiger partial charge in [-0.3, -0.25) is 9.59 Å². The Balaban J connectivity index is 1.75. The lowest BCUT2D eigenvalue weighted by atomic mass is 9.98. The Morgan fingerprint density at radius 3 is 2.70 bits per heavy atom. The van der Waals surface area contributed by atoms with Gasteiger partial charge >= 0.3 is 5.97 Å². The molecule has 6 nitrogen and oxygen atoms in total. The van der Waals surface area contributed by atoms with Crippen LogP contribution >= 0.6 is 15.9 Å². The summed E-state index contributed by atoms with van der Waals surface area (Å²) in [7, 11) is 0. The lowest BCUT2D eigenvalue weighted by molar-refractivity contribution is -0.143. The number of piperidine rings is 1. The smallest absolute Gasteiger partial charge is 0.308 e. The molecule has 23 heavy (non-hydrogen) atoms. The Morgan fingerprint density at radius 1 is 1.26 bits per heavy atom. The second-order valence-electron chi connectivity index (χ2n) is 5.57. The second kappa shape index (κ2) is 6.54. The molecule has 1 saturated heterocycles. The van der Waals surface area contributed by atoms with E-state index in [-0.39, 0.29) is 12.5 Å². The van der Waals surface area contributed by atoms with Crippen molar-refractivity contribution in [2.45, 2.75) is 12.8 Å². The third-order valence-corrected chi connectivity index (χ3v) is 4.51. The van der Waals surface area contributed by atoms with E-state index in [2.05, 4.69) is 20.9 Å². The largest absolute Gasteiger partial charge is 0.481 e. The van der Waals surface area contributed by atoms with Crippen molar-refractivity contribution in [3.8, 4) is 5.69 Å². The summed E-state index contributed by atoms with van der Waals surface area (Å²) in [5.41, 5.74) is 1.24. The summed E-state index contributed by atoms with van der Waals surface area (Å²) in [6.45, 7) is 0.826.